The number of amides is 3. The summed E-state index contributed by atoms with van der Waals surface area (Å²) in [5, 5.41) is 8.78. The molecule has 2 heterocycles. The molecule has 0 saturated carbocycles. The molecule has 168 valence electrons. The lowest BCUT2D eigenvalue weighted by molar-refractivity contribution is -0.138. The van der Waals surface area contributed by atoms with Gasteiger partial charge in [-0.25, -0.2) is 13.9 Å². The van der Waals surface area contributed by atoms with Gasteiger partial charge in [-0.05, 0) is 6.92 Å². The van der Waals surface area contributed by atoms with Crippen molar-refractivity contribution in [3.63, 3.8) is 0 Å². The molecular weight excluding hydrogens is 456 g/mol. The van der Waals surface area contributed by atoms with Crippen LogP contribution in [0.5, 0.6) is 0 Å². The topological polar surface area (TPSA) is 117 Å². The fraction of sp³-hybridized carbons (Fsp3) is 0.667. The zero-order valence-corrected chi connectivity index (χ0v) is 19.9. The van der Waals surface area contributed by atoms with Crippen molar-refractivity contribution in [1.82, 2.24) is 18.6 Å². The highest BCUT2D eigenvalue weighted by Gasteiger charge is 2.53. The molecule has 15 heteroatoms. The minimum Gasteiger partial charge on any atom is -0.399 e. The molecule has 1 spiro atoms. The SMILES string of the molecule is CON=C(C)C(=NOC(=O)N1SN(C)C(=O)ON(C)C12CSCCS2)C(=O)N(C)C. The third-order valence-corrected chi connectivity index (χ3v) is 8.02. The number of hydrogen-bond acceptors (Lipinski definition) is 12. The van der Waals surface area contributed by atoms with Crippen molar-refractivity contribution in [2.75, 3.05) is 52.6 Å². The molecule has 0 N–H and O–H groups in total. The van der Waals surface area contributed by atoms with E-state index in [-0.39, 0.29) is 11.4 Å². The van der Waals surface area contributed by atoms with E-state index in [2.05, 4.69) is 10.3 Å². The Morgan fingerprint density at radius 1 is 1.23 bits per heavy atom. The average molecular weight is 481 g/mol. The fourth-order valence-electron chi connectivity index (χ4n) is 2.35. The van der Waals surface area contributed by atoms with Crippen LogP contribution in [0.3, 0.4) is 0 Å². The van der Waals surface area contributed by atoms with E-state index in [4.69, 9.17) is 14.5 Å². The van der Waals surface area contributed by atoms with Crippen molar-refractivity contribution in [2.24, 2.45) is 10.3 Å². The van der Waals surface area contributed by atoms with Crippen molar-refractivity contribution in [3.8, 4) is 0 Å². The molecule has 1 atom stereocenters. The van der Waals surface area contributed by atoms with Crippen LogP contribution in [0.4, 0.5) is 9.59 Å². The first kappa shape index (κ1) is 24.4. The first-order valence-electron chi connectivity index (χ1n) is 8.62. The van der Waals surface area contributed by atoms with Gasteiger partial charge in [-0.3, -0.25) is 9.63 Å². The standard InChI is InChI=1S/C15H24N6O6S3/c1-10(16-25-6)11(12(22)18(2)3)17-26-14(24)21-15(9-28-7-8-29-15)20(5)27-13(23)19(4)30-21/h7-9H2,1-6H3. The highest BCUT2D eigenvalue weighted by Crippen LogP contribution is 2.46. The number of rotatable bonds is 4. The molecule has 3 amide bonds. The third kappa shape index (κ3) is 5.25. The van der Waals surface area contributed by atoms with Crippen LogP contribution in [-0.4, -0.2) is 106 Å². The van der Waals surface area contributed by atoms with E-state index in [9.17, 15) is 14.4 Å². The minimum absolute atomic E-state index is 0.137. The van der Waals surface area contributed by atoms with Gasteiger partial charge in [0, 0.05) is 45.4 Å². The Labute approximate surface area is 187 Å². The van der Waals surface area contributed by atoms with Gasteiger partial charge in [-0.15, -0.1) is 16.8 Å². The maximum atomic E-state index is 13.0. The van der Waals surface area contributed by atoms with E-state index < -0.39 is 23.1 Å². The van der Waals surface area contributed by atoms with Crippen LogP contribution >= 0.6 is 35.7 Å². The second-order valence-electron chi connectivity index (χ2n) is 6.23. The van der Waals surface area contributed by atoms with Gasteiger partial charge in [0.15, 0.2) is 10.7 Å². The summed E-state index contributed by atoms with van der Waals surface area (Å²) < 4.78 is 2.44. The Morgan fingerprint density at radius 3 is 2.50 bits per heavy atom. The molecule has 30 heavy (non-hydrogen) atoms. The van der Waals surface area contributed by atoms with Crippen molar-refractivity contribution in [2.45, 2.75) is 11.9 Å². The van der Waals surface area contributed by atoms with Crippen molar-refractivity contribution in [3.05, 3.63) is 0 Å². The van der Waals surface area contributed by atoms with Gasteiger partial charge in [0.25, 0.3) is 5.91 Å². The lowest BCUT2D eigenvalue weighted by atomic mass is 10.2. The van der Waals surface area contributed by atoms with Crippen LogP contribution in [0.25, 0.3) is 0 Å². The number of oxime groups is 2. The van der Waals surface area contributed by atoms with Crippen molar-refractivity contribution < 1.29 is 28.9 Å². The molecule has 1 unspecified atom stereocenters. The number of carbonyl (C=O) groups is 3. The van der Waals surface area contributed by atoms with Crippen LogP contribution < -0.4 is 0 Å². The molecule has 2 aliphatic rings. The Kier molecular flexibility index (Phi) is 8.52. The molecule has 0 aromatic carbocycles. The number of hydrogen-bond donors (Lipinski definition) is 0. The maximum absolute atomic E-state index is 13.0. The number of carbonyl (C=O) groups excluding carboxylic acids is 3. The summed E-state index contributed by atoms with van der Waals surface area (Å²) in [5.74, 6) is 1.57. The van der Waals surface area contributed by atoms with Gasteiger partial charge in [0.1, 0.15) is 12.8 Å². The molecule has 2 aliphatic heterocycles. The van der Waals surface area contributed by atoms with E-state index in [1.54, 1.807) is 18.8 Å². The number of thioether (sulfide) groups is 2. The summed E-state index contributed by atoms with van der Waals surface area (Å²) in [4.78, 5) is 53.0. The number of hydroxylamine groups is 2. The summed E-state index contributed by atoms with van der Waals surface area (Å²) in [6.07, 6.45) is -1.51. The third-order valence-electron chi connectivity index (χ3n) is 3.90. The first-order chi connectivity index (χ1) is 14.1. The van der Waals surface area contributed by atoms with E-state index in [1.807, 2.05) is 0 Å². The summed E-state index contributed by atoms with van der Waals surface area (Å²) in [6, 6.07) is 0. The lowest BCUT2D eigenvalue weighted by Crippen LogP contribution is -2.58. The predicted octanol–water partition coefficient (Wildman–Crippen LogP) is 1.52. The molecule has 0 bridgehead atoms. The molecule has 2 fully saturated rings. The molecule has 2 rings (SSSR count). The summed E-state index contributed by atoms with van der Waals surface area (Å²) in [5.41, 5.74) is -0.0543. The van der Waals surface area contributed by atoms with Crippen LogP contribution in [0, 0.1) is 0 Å². The van der Waals surface area contributed by atoms with Crippen LogP contribution in [-0.2, 0) is 19.3 Å². The van der Waals surface area contributed by atoms with E-state index in [0.29, 0.717) is 5.75 Å². The zero-order chi connectivity index (χ0) is 22.5. The molecule has 0 aromatic heterocycles. The van der Waals surface area contributed by atoms with Gasteiger partial charge < -0.3 is 14.6 Å². The fourth-order valence-corrected chi connectivity index (χ4v) is 6.29. The summed E-state index contributed by atoms with van der Waals surface area (Å²) in [7, 11) is 7.44. The van der Waals surface area contributed by atoms with Crippen LogP contribution in [0.1, 0.15) is 6.92 Å². The van der Waals surface area contributed by atoms with Gasteiger partial charge in [-0.2, -0.15) is 16.1 Å². The van der Waals surface area contributed by atoms with Crippen molar-refractivity contribution in [1.29, 1.82) is 0 Å². The molecule has 2 saturated heterocycles. The van der Waals surface area contributed by atoms with Gasteiger partial charge in [0.2, 0.25) is 0 Å². The second kappa shape index (κ2) is 10.5. The molecule has 12 nitrogen and oxygen atoms in total. The smallest absolute Gasteiger partial charge is 0.399 e. The van der Waals surface area contributed by atoms with E-state index >= 15 is 0 Å². The van der Waals surface area contributed by atoms with Crippen LogP contribution in [0.15, 0.2) is 10.3 Å². The summed E-state index contributed by atoms with van der Waals surface area (Å²) >= 11 is 3.90. The summed E-state index contributed by atoms with van der Waals surface area (Å²) in [6.45, 7) is 1.50. The molecule has 0 radical (unpaired) electrons. The van der Waals surface area contributed by atoms with Gasteiger partial charge >= 0.3 is 12.2 Å². The highest BCUT2D eigenvalue weighted by atomic mass is 32.2. The van der Waals surface area contributed by atoms with Crippen molar-refractivity contribution >= 4 is 65.2 Å². The quantitative estimate of drug-likeness (QED) is 0.254. The lowest BCUT2D eigenvalue weighted by Gasteiger charge is -2.44. The predicted molar refractivity (Wildman–Crippen MR) is 117 cm³/mol. The largest absolute Gasteiger partial charge is 0.449 e. The molecule has 0 aliphatic carbocycles. The average Bonchev–Trinajstić information content (AvgIpc) is 2.79. The first-order valence-corrected chi connectivity index (χ1v) is 11.5. The Balaban J connectivity index is 2.36. The second-order valence-corrected chi connectivity index (χ2v) is 9.76. The minimum atomic E-state index is -1.01. The monoisotopic (exact) mass is 480 g/mol. The maximum Gasteiger partial charge on any atom is 0.449 e. The van der Waals surface area contributed by atoms with Gasteiger partial charge in [0.05, 0.1) is 12.1 Å². The Hall–Kier alpha value is -1.84. The normalized spacial score (nSPS) is 23.7. The molecule has 0 aromatic rings. The number of nitrogens with zero attached hydrogens (tertiary/aromatic N) is 6. The zero-order valence-electron chi connectivity index (χ0n) is 17.5. The molecular formula is C15H24N6O6S3. The van der Waals surface area contributed by atoms with Gasteiger partial charge in [-0.1, -0.05) is 10.3 Å². The Morgan fingerprint density at radius 2 is 1.93 bits per heavy atom. The Bertz CT molecular complexity index is 742. The van der Waals surface area contributed by atoms with Crippen LogP contribution in [0.2, 0.25) is 0 Å². The van der Waals surface area contributed by atoms with E-state index in [0.717, 1.165) is 23.6 Å². The highest BCUT2D eigenvalue weighted by molar-refractivity contribution is 8.07. The van der Waals surface area contributed by atoms with E-state index in [1.165, 1.54) is 65.5 Å².